The van der Waals surface area contributed by atoms with Gasteiger partial charge in [-0.15, -0.1) is 0 Å². The first-order chi connectivity index (χ1) is 0. The van der Waals surface area contributed by atoms with E-state index < -0.39 is 0 Å². The van der Waals surface area contributed by atoms with Crippen LogP contribution in [0.5, 0.6) is 0 Å². The smallest absolute Gasteiger partial charge is 0 e. The Morgan fingerprint density at radius 3 is 1.00 bits per heavy atom. The quantitative estimate of drug-likeness (QED) is 0.413. The standard InChI is InChI=1S/B.Nd.Tb.Tm. The molecule has 4 heavy (non-hydrogen) atoms. The van der Waals surface area contributed by atoms with Gasteiger partial charge in [-0.25, -0.2) is 0 Å². The van der Waals surface area contributed by atoms with Crippen LogP contribution in [0.4, 0.5) is 0 Å². The average Bonchev–Trinajstić information content (AvgIpc) is 0. The van der Waals surface area contributed by atoms with Crippen molar-refractivity contribution in [3.63, 3.8) is 0 Å². The number of rotatable bonds is 0. The molecule has 0 aliphatic rings. The molecule has 0 N–H and O–H groups in total. The maximum Gasteiger partial charge on any atom is 0 e. The summed E-state index contributed by atoms with van der Waals surface area (Å²) in [5, 5.41) is 0. The summed E-state index contributed by atoms with van der Waals surface area (Å²) in [7, 11) is 0. The van der Waals surface area contributed by atoms with E-state index in [9.17, 15) is 0 Å². The second-order valence-electron chi connectivity index (χ2n) is 0. The van der Waals surface area contributed by atoms with Gasteiger partial charge in [0.2, 0.25) is 0 Å². The normalized spacial score (nSPS) is 0. The van der Waals surface area contributed by atoms with Gasteiger partial charge < -0.3 is 0 Å². The fourth-order valence-corrected chi connectivity index (χ4v) is 0. The van der Waals surface area contributed by atoms with Crippen molar-refractivity contribution in [2.24, 2.45) is 0 Å². The topological polar surface area (TPSA) is 0 Å². The monoisotopic (exact) mass is 481 g/mol. The third-order valence-corrected chi connectivity index (χ3v) is 0. The van der Waals surface area contributed by atoms with Gasteiger partial charge in [0.15, 0.2) is 0 Å². The summed E-state index contributed by atoms with van der Waals surface area (Å²) in [6.45, 7) is 0. The van der Waals surface area contributed by atoms with Crippen molar-refractivity contribution >= 4 is 8.41 Å². The SMILES string of the molecule is [B].[Nd].[Tb].[Tm]. The van der Waals surface area contributed by atoms with Crippen LogP contribution in [0.25, 0.3) is 0 Å². The Hall–Kier alpha value is 3.94. The second-order valence-corrected chi connectivity index (χ2v) is 0. The van der Waals surface area contributed by atoms with Gasteiger partial charge in [0.25, 0.3) is 0 Å². The van der Waals surface area contributed by atoms with E-state index in [1.54, 1.807) is 0 Å². The van der Waals surface area contributed by atoms with Crippen molar-refractivity contribution in [1.29, 1.82) is 0 Å². The molecule has 29 valence electrons. The van der Waals surface area contributed by atoms with E-state index in [2.05, 4.69) is 0 Å². The van der Waals surface area contributed by atoms with Crippen LogP contribution in [0.2, 0.25) is 0 Å². The van der Waals surface area contributed by atoms with Gasteiger partial charge in [0.05, 0.1) is 0 Å². The minimum Gasteiger partial charge on any atom is 0 e. The van der Waals surface area contributed by atoms with E-state index in [1.807, 2.05) is 0 Å². The molecule has 0 unspecified atom stereocenters. The molecule has 0 nitrogen and oxygen atoms in total. The first-order valence-corrected chi connectivity index (χ1v) is 0. The average molecular weight is 483 g/mol. The summed E-state index contributed by atoms with van der Waals surface area (Å²) in [4.78, 5) is 0. The Kier molecular flexibility index (Phi) is 97.2. The minimum absolute atomic E-state index is 0. The zero-order chi connectivity index (χ0) is 0. The molecular formula is BNdTbTm. The maximum absolute atomic E-state index is 0. The summed E-state index contributed by atoms with van der Waals surface area (Å²) in [5.74, 6) is 0. The zero-order valence-corrected chi connectivity index (χ0v) is 8.81. The molecule has 0 saturated carbocycles. The largest absolute Gasteiger partial charge is 0 e. The zero-order valence-electron chi connectivity index (χ0n) is 1.69. The van der Waals surface area contributed by atoms with Crippen LogP contribution in [0.3, 0.4) is 0 Å². The molecular weight excluding hydrogens is 483 g/mol. The third-order valence-electron chi connectivity index (χ3n) is 0. The molecule has 0 bridgehead atoms. The van der Waals surface area contributed by atoms with Gasteiger partial charge in [0, 0.05) is 125 Å². The van der Waals surface area contributed by atoms with E-state index >= 15 is 0 Å². The summed E-state index contributed by atoms with van der Waals surface area (Å²) < 4.78 is 0. The van der Waals surface area contributed by atoms with Crippen molar-refractivity contribution in [3.8, 4) is 0 Å². The van der Waals surface area contributed by atoms with E-state index in [-0.39, 0.29) is 125 Å². The molecule has 0 aromatic heterocycles. The Morgan fingerprint density at radius 1 is 1.00 bits per heavy atom. The molecule has 0 atom stereocenters. The first-order valence-electron chi connectivity index (χ1n) is 0. The van der Waals surface area contributed by atoms with Crippen LogP contribution in [0.15, 0.2) is 0 Å². The van der Waals surface area contributed by atoms with E-state index in [1.165, 1.54) is 0 Å². The minimum atomic E-state index is 0. The van der Waals surface area contributed by atoms with Crippen LogP contribution in [-0.2, 0) is 0 Å². The van der Waals surface area contributed by atoms with Crippen molar-refractivity contribution in [2.45, 2.75) is 0 Å². The molecule has 4 heteroatoms. The molecule has 0 heterocycles. The summed E-state index contributed by atoms with van der Waals surface area (Å²) >= 11 is 0. The van der Waals surface area contributed by atoms with Gasteiger partial charge in [-0.1, -0.05) is 0 Å². The second kappa shape index (κ2) is 15.8. The fourth-order valence-electron chi connectivity index (χ4n) is 0. The Bertz CT molecular complexity index is 8.00. The van der Waals surface area contributed by atoms with Gasteiger partial charge in [-0.3, -0.25) is 0 Å². The van der Waals surface area contributed by atoms with Crippen LogP contribution in [-0.4, -0.2) is 8.41 Å². The first kappa shape index (κ1) is 24.6. The number of hydrogen-bond acceptors (Lipinski definition) is 0. The van der Waals surface area contributed by atoms with Gasteiger partial charge in [0.1, 0.15) is 0 Å². The van der Waals surface area contributed by atoms with Crippen LogP contribution in [0, 0.1) is 116 Å². The van der Waals surface area contributed by atoms with Crippen LogP contribution in [0.1, 0.15) is 0 Å². The number of hydrogen-bond donors (Lipinski definition) is 0. The maximum atomic E-state index is 0. The van der Waals surface area contributed by atoms with Gasteiger partial charge in [-0.05, 0) is 0 Å². The molecule has 0 aliphatic heterocycles. The van der Waals surface area contributed by atoms with E-state index in [4.69, 9.17) is 0 Å². The fraction of sp³-hybridized carbons (Fsp3) is 0. The predicted molar refractivity (Wildman–Crippen MR) is 5.75 cm³/mol. The van der Waals surface area contributed by atoms with E-state index in [0.29, 0.717) is 0 Å². The van der Waals surface area contributed by atoms with Crippen molar-refractivity contribution in [1.82, 2.24) is 0 Å². The Labute approximate surface area is 121 Å². The molecule has 0 spiro atoms. The summed E-state index contributed by atoms with van der Waals surface area (Å²) in [6.07, 6.45) is 0. The van der Waals surface area contributed by atoms with Crippen LogP contribution >= 0.6 is 0 Å². The summed E-state index contributed by atoms with van der Waals surface area (Å²) in [6, 6.07) is 0. The Morgan fingerprint density at radius 2 is 1.00 bits per heavy atom. The molecule has 0 amide bonds. The van der Waals surface area contributed by atoms with E-state index in [0.717, 1.165) is 0 Å². The molecule has 0 aromatic rings. The molecule has 0 fully saturated rings. The van der Waals surface area contributed by atoms with Crippen molar-refractivity contribution < 1.29 is 116 Å². The molecule has 0 aromatic carbocycles. The van der Waals surface area contributed by atoms with Crippen molar-refractivity contribution in [2.75, 3.05) is 0 Å². The predicted octanol–water partition coefficient (Wildman–Crippen LogP) is -0.381. The van der Waals surface area contributed by atoms with Crippen molar-refractivity contribution in [3.05, 3.63) is 0 Å². The van der Waals surface area contributed by atoms with Crippen LogP contribution < -0.4 is 0 Å². The Balaban J connectivity index is 0. The van der Waals surface area contributed by atoms with Gasteiger partial charge >= 0.3 is 0 Å². The molecule has 0 aliphatic carbocycles. The molecule has 0 saturated heterocycles. The van der Waals surface area contributed by atoms with Gasteiger partial charge in [-0.2, -0.15) is 0 Å². The third kappa shape index (κ3) is 9.33. The molecule has 0 rings (SSSR count). The summed E-state index contributed by atoms with van der Waals surface area (Å²) in [5.41, 5.74) is 0. The molecule has 5 radical (unpaired) electrons.